The van der Waals surface area contributed by atoms with E-state index in [1.165, 1.54) is 23.5 Å². The Kier molecular flexibility index (Phi) is 4.43. The zero-order valence-corrected chi connectivity index (χ0v) is 15.4. The standard InChI is InChI=1S/C19H18FN3O3S/c1-10-14-9-16(17(24)21-15-4-2-3-13(15)19(25)26)27-18(14)23(22-10)12-7-5-11(20)6-8-12/h5-9,13,15H,2-4H2,1H3,(H,21,24)(H,25,26)/t13-,15+/m0/s1. The summed E-state index contributed by atoms with van der Waals surface area (Å²) in [6.45, 7) is 1.86. The molecule has 0 saturated heterocycles. The minimum absolute atomic E-state index is 0.264. The molecule has 2 atom stereocenters. The third-order valence-corrected chi connectivity index (χ3v) is 6.10. The monoisotopic (exact) mass is 387 g/mol. The number of carboxylic acid groups (broad SMARTS) is 1. The number of amides is 1. The van der Waals surface area contributed by atoms with E-state index in [1.54, 1.807) is 22.9 Å². The molecular weight excluding hydrogens is 369 g/mol. The predicted octanol–water partition coefficient (Wildman–Crippen LogP) is 3.52. The molecule has 27 heavy (non-hydrogen) atoms. The number of carbonyl (C=O) groups is 2. The fourth-order valence-electron chi connectivity index (χ4n) is 3.58. The Balaban J connectivity index is 1.63. The first-order chi connectivity index (χ1) is 12.9. The van der Waals surface area contributed by atoms with Crippen molar-refractivity contribution in [2.75, 3.05) is 0 Å². The summed E-state index contributed by atoms with van der Waals surface area (Å²) in [7, 11) is 0. The van der Waals surface area contributed by atoms with E-state index in [4.69, 9.17) is 0 Å². The number of fused-ring (bicyclic) bond motifs is 1. The lowest BCUT2D eigenvalue weighted by Crippen LogP contribution is -2.39. The molecule has 1 fully saturated rings. The summed E-state index contributed by atoms with van der Waals surface area (Å²) in [5, 5.41) is 17.5. The van der Waals surface area contributed by atoms with E-state index in [1.807, 2.05) is 6.92 Å². The normalized spacial score (nSPS) is 19.5. The second-order valence-corrected chi connectivity index (χ2v) is 7.79. The van der Waals surface area contributed by atoms with Crippen LogP contribution in [0.5, 0.6) is 0 Å². The van der Waals surface area contributed by atoms with Crippen LogP contribution in [0, 0.1) is 18.7 Å². The van der Waals surface area contributed by atoms with Crippen molar-refractivity contribution in [2.45, 2.75) is 32.2 Å². The van der Waals surface area contributed by atoms with Crippen molar-refractivity contribution in [3.05, 3.63) is 46.7 Å². The molecule has 1 aliphatic rings. The summed E-state index contributed by atoms with van der Waals surface area (Å²) >= 11 is 1.29. The molecule has 1 saturated carbocycles. The van der Waals surface area contributed by atoms with E-state index in [2.05, 4.69) is 10.4 Å². The molecule has 2 aromatic heterocycles. The molecule has 6 nitrogen and oxygen atoms in total. The van der Waals surface area contributed by atoms with Crippen molar-refractivity contribution >= 4 is 33.4 Å². The Morgan fingerprint density at radius 2 is 2.04 bits per heavy atom. The number of aliphatic carboxylic acids is 1. The summed E-state index contributed by atoms with van der Waals surface area (Å²) in [6, 6.07) is 7.45. The lowest BCUT2D eigenvalue weighted by Gasteiger charge is -2.16. The molecule has 1 aliphatic carbocycles. The third kappa shape index (κ3) is 3.21. The van der Waals surface area contributed by atoms with Crippen LogP contribution in [0.4, 0.5) is 4.39 Å². The van der Waals surface area contributed by atoms with Gasteiger partial charge in [-0.1, -0.05) is 6.42 Å². The van der Waals surface area contributed by atoms with Crippen molar-refractivity contribution in [3.63, 3.8) is 0 Å². The smallest absolute Gasteiger partial charge is 0.308 e. The van der Waals surface area contributed by atoms with E-state index in [9.17, 15) is 19.1 Å². The number of aromatic nitrogens is 2. The maximum atomic E-state index is 13.2. The molecular formula is C19H18FN3O3S. The number of aryl methyl sites for hydroxylation is 1. The zero-order valence-electron chi connectivity index (χ0n) is 14.6. The lowest BCUT2D eigenvalue weighted by atomic mass is 10.0. The maximum absolute atomic E-state index is 13.2. The van der Waals surface area contributed by atoms with Crippen molar-refractivity contribution in [1.82, 2.24) is 15.1 Å². The highest BCUT2D eigenvalue weighted by Gasteiger charge is 2.34. The third-order valence-electron chi connectivity index (χ3n) is 4.99. The van der Waals surface area contributed by atoms with Gasteiger partial charge in [-0.15, -0.1) is 11.3 Å². The summed E-state index contributed by atoms with van der Waals surface area (Å²) in [5.74, 6) is -1.98. The van der Waals surface area contributed by atoms with Gasteiger partial charge >= 0.3 is 5.97 Å². The summed E-state index contributed by atoms with van der Waals surface area (Å²) in [6.07, 6.45) is 2.06. The topological polar surface area (TPSA) is 84.2 Å². The average molecular weight is 387 g/mol. The Morgan fingerprint density at radius 3 is 2.74 bits per heavy atom. The number of thiophene rings is 1. The molecule has 8 heteroatoms. The summed E-state index contributed by atoms with van der Waals surface area (Å²) < 4.78 is 14.9. The molecule has 2 N–H and O–H groups in total. The number of rotatable bonds is 4. The maximum Gasteiger partial charge on any atom is 0.308 e. The highest BCUT2D eigenvalue weighted by molar-refractivity contribution is 7.20. The Labute approximate surface area is 158 Å². The van der Waals surface area contributed by atoms with Crippen LogP contribution in [0.25, 0.3) is 15.9 Å². The minimum Gasteiger partial charge on any atom is -0.481 e. The first-order valence-corrected chi connectivity index (χ1v) is 9.54. The van der Waals surface area contributed by atoms with Gasteiger partial charge < -0.3 is 10.4 Å². The fourth-order valence-corrected chi connectivity index (χ4v) is 4.67. The van der Waals surface area contributed by atoms with Gasteiger partial charge in [-0.25, -0.2) is 9.07 Å². The van der Waals surface area contributed by atoms with Gasteiger partial charge in [0, 0.05) is 11.4 Å². The molecule has 1 aromatic carbocycles. The molecule has 4 rings (SSSR count). The van der Waals surface area contributed by atoms with E-state index in [0.717, 1.165) is 22.3 Å². The van der Waals surface area contributed by atoms with Gasteiger partial charge in [-0.3, -0.25) is 9.59 Å². The largest absolute Gasteiger partial charge is 0.481 e. The molecule has 3 aromatic rings. The Bertz CT molecular complexity index is 1020. The van der Waals surface area contributed by atoms with Crippen molar-refractivity contribution in [1.29, 1.82) is 0 Å². The highest BCUT2D eigenvalue weighted by Crippen LogP contribution is 2.31. The number of carbonyl (C=O) groups excluding carboxylic acids is 1. The Hall–Kier alpha value is -2.74. The van der Waals surface area contributed by atoms with Crippen LogP contribution in [0.15, 0.2) is 30.3 Å². The SMILES string of the molecule is Cc1nn(-c2ccc(F)cc2)c2sc(C(=O)N[C@@H]3CCC[C@@H]3C(=O)O)cc12. The summed E-state index contributed by atoms with van der Waals surface area (Å²) in [4.78, 5) is 25.3. The van der Waals surface area contributed by atoms with Gasteiger partial charge in [0.05, 0.1) is 22.2 Å². The van der Waals surface area contributed by atoms with Gasteiger partial charge in [0.2, 0.25) is 0 Å². The van der Waals surface area contributed by atoms with Crippen LogP contribution < -0.4 is 5.32 Å². The first kappa shape index (κ1) is 17.7. The van der Waals surface area contributed by atoms with Crippen molar-refractivity contribution < 1.29 is 19.1 Å². The number of halogens is 1. The van der Waals surface area contributed by atoms with E-state index < -0.39 is 11.9 Å². The van der Waals surface area contributed by atoms with Crippen LogP contribution in [0.3, 0.4) is 0 Å². The lowest BCUT2D eigenvalue weighted by molar-refractivity contribution is -0.142. The second-order valence-electron chi connectivity index (χ2n) is 6.76. The molecule has 0 aliphatic heterocycles. The first-order valence-electron chi connectivity index (χ1n) is 8.73. The molecule has 0 unspecified atom stereocenters. The number of nitrogens with one attached hydrogen (secondary N) is 1. The van der Waals surface area contributed by atoms with Crippen molar-refractivity contribution in [3.8, 4) is 5.69 Å². The molecule has 0 spiro atoms. The van der Waals surface area contributed by atoms with Gasteiger partial charge in [0.1, 0.15) is 10.6 Å². The Morgan fingerprint density at radius 1 is 1.30 bits per heavy atom. The highest BCUT2D eigenvalue weighted by atomic mass is 32.1. The number of benzene rings is 1. The predicted molar refractivity (Wildman–Crippen MR) is 99.9 cm³/mol. The quantitative estimate of drug-likeness (QED) is 0.717. The number of hydrogen-bond acceptors (Lipinski definition) is 4. The van der Waals surface area contributed by atoms with Crippen LogP contribution in [-0.2, 0) is 4.79 Å². The van der Waals surface area contributed by atoms with Crippen molar-refractivity contribution in [2.24, 2.45) is 5.92 Å². The molecule has 1 amide bonds. The van der Waals surface area contributed by atoms with E-state index in [-0.39, 0.29) is 17.8 Å². The molecule has 0 bridgehead atoms. The van der Waals surface area contributed by atoms with Crippen LogP contribution in [0.2, 0.25) is 0 Å². The van der Waals surface area contributed by atoms with Crippen LogP contribution in [-0.4, -0.2) is 32.8 Å². The average Bonchev–Trinajstić information content (AvgIpc) is 3.32. The number of hydrogen-bond donors (Lipinski definition) is 2. The van der Waals surface area contributed by atoms with Gasteiger partial charge in [-0.05, 0) is 50.1 Å². The van der Waals surface area contributed by atoms with Crippen LogP contribution in [0.1, 0.15) is 34.6 Å². The number of carboxylic acids is 1. The summed E-state index contributed by atoms with van der Waals surface area (Å²) in [5.41, 5.74) is 1.49. The molecule has 0 radical (unpaired) electrons. The zero-order chi connectivity index (χ0) is 19.1. The van der Waals surface area contributed by atoms with E-state index in [0.29, 0.717) is 23.4 Å². The fraction of sp³-hybridized carbons (Fsp3) is 0.316. The molecule has 2 heterocycles. The van der Waals surface area contributed by atoms with Gasteiger partial charge in [0.25, 0.3) is 5.91 Å². The van der Waals surface area contributed by atoms with Gasteiger partial charge in [-0.2, -0.15) is 5.10 Å². The number of nitrogens with zero attached hydrogens (tertiary/aromatic N) is 2. The minimum atomic E-state index is -0.864. The van der Waals surface area contributed by atoms with Gasteiger partial charge in [0.15, 0.2) is 0 Å². The van der Waals surface area contributed by atoms with E-state index >= 15 is 0 Å². The molecule has 140 valence electrons. The second kappa shape index (κ2) is 6.77. The van der Waals surface area contributed by atoms with Crippen LogP contribution >= 0.6 is 11.3 Å².